The Labute approximate surface area is 167 Å². The van der Waals surface area contributed by atoms with Gasteiger partial charge in [0.05, 0.1) is 5.69 Å². The molecule has 29 heavy (non-hydrogen) atoms. The lowest BCUT2D eigenvalue weighted by molar-refractivity contribution is -0.123. The zero-order valence-corrected chi connectivity index (χ0v) is 15.3. The maximum absolute atomic E-state index is 13.5. The Kier molecular flexibility index (Phi) is 4.71. The van der Waals surface area contributed by atoms with Gasteiger partial charge in [-0.3, -0.25) is 19.4 Å². The Morgan fingerprint density at radius 3 is 2.62 bits per heavy atom. The number of hydrogen-bond acceptors (Lipinski definition) is 6. The molecule has 8 nitrogen and oxygen atoms in total. The summed E-state index contributed by atoms with van der Waals surface area (Å²) in [5.41, 5.74) is 0.333. The molecule has 11 heteroatoms. The van der Waals surface area contributed by atoms with E-state index in [1.54, 1.807) is 24.3 Å². The van der Waals surface area contributed by atoms with E-state index in [0.717, 1.165) is 28.1 Å². The third-order valence-corrected chi connectivity index (χ3v) is 4.67. The smallest absolute Gasteiger partial charge is 0.263 e. The minimum absolute atomic E-state index is 0.119. The number of imide groups is 1. The monoisotopic (exact) mass is 419 g/mol. The van der Waals surface area contributed by atoms with Gasteiger partial charge in [-0.05, 0) is 30.3 Å². The molecule has 0 aromatic heterocycles. The van der Waals surface area contributed by atoms with E-state index in [0.29, 0.717) is 10.7 Å². The van der Waals surface area contributed by atoms with Gasteiger partial charge < -0.3 is 5.32 Å². The molecule has 2 aromatic rings. The van der Waals surface area contributed by atoms with E-state index in [4.69, 9.17) is 11.6 Å². The van der Waals surface area contributed by atoms with Crippen molar-refractivity contribution in [1.82, 2.24) is 5.01 Å². The number of anilines is 2. The predicted molar refractivity (Wildman–Crippen MR) is 98.1 cm³/mol. The molecule has 2 aliphatic heterocycles. The average Bonchev–Trinajstić information content (AvgIpc) is 3.18. The Morgan fingerprint density at radius 1 is 1.10 bits per heavy atom. The standard InChI is InChI=1S/C18H12ClF2N5O3/c19-9-2-1-3-10(6-9)22-14(27)8-25-16-15(23-24-25)17(28)26(18(16)29)11-4-5-12(20)13(21)7-11/h1-7,15-16H,8H2,(H,22,27)/t15-,16-/m1/s1. The highest BCUT2D eigenvalue weighted by Gasteiger charge is 2.55. The third-order valence-electron chi connectivity index (χ3n) is 4.43. The summed E-state index contributed by atoms with van der Waals surface area (Å²) in [6, 6.07) is 6.86. The molecule has 2 atom stereocenters. The molecule has 3 amide bonds. The molecule has 2 aromatic carbocycles. The van der Waals surface area contributed by atoms with Crippen molar-refractivity contribution in [3.63, 3.8) is 0 Å². The first kappa shape index (κ1) is 18.9. The van der Waals surface area contributed by atoms with Gasteiger partial charge in [0, 0.05) is 16.8 Å². The van der Waals surface area contributed by atoms with Crippen molar-refractivity contribution in [2.24, 2.45) is 10.3 Å². The van der Waals surface area contributed by atoms with Crippen molar-refractivity contribution in [2.45, 2.75) is 12.1 Å². The lowest BCUT2D eigenvalue weighted by Gasteiger charge is -2.20. The summed E-state index contributed by atoms with van der Waals surface area (Å²) in [7, 11) is 0. The van der Waals surface area contributed by atoms with Gasteiger partial charge in [-0.25, -0.2) is 13.7 Å². The summed E-state index contributed by atoms with van der Waals surface area (Å²) >= 11 is 5.87. The largest absolute Gasteiger partial charge is 0.324 e. The van der Waals surface area contributed by atoms with Crippen molar-refractivity contribution in [3.05, 3.63) is 59.1 Å². The first-order chi connectivity index (χ1) is 13.8. The van der Waals surface area contributed by atoms with Crippen molar-refractivity contribution < 1.29 is 23.2 Å². The third kappa shape index (κ3) is 3.42. The second kappa shape index (κ2) is 7.21. The van der Waals surface area contributed by atoms with Crippen molar-refractivity contribution >= 4 is 40.7 Å². The molecule has 4 rings (SSSR count). The van der Waals surface area contributed by atoms with Crippen LogP contribution in [0.5, 0.6) is 0 Å². The van der Waals surface area contributed by atoms with Gasteiger partial charge in [-0.1, -0.05) is 22.9 Å². The van der Waals surface area contributed by atoms with E-state index >= 15 is 0 Å². The Hall–Kier alpha value is -3.40. The van der Waals surface area contributed by atoms with Gasteiger partial charge in [0.25, 0.3) is 11.8 Å². The van der Waals surface area contributed by atoms with Crippen LogP contribution in [0.25, 0.3) is 0 Å². The fraction of sp³-hybridized carbons (Fsp3) is 0.167. The number of carbonyl (C=O) groups is 3. The first-order valence-corrected chi connectivity index (χ1v) is 8.78. The summed E-state index contributed by atoms with van der Waals surface area (Å²) < 4.78 is 26.7. The van der Waals surface area contributed by atoms with Gasteiger partial charge in [0.2, 0.25) is 5.91 Å². The molecule has 1 fully saturated rings. The van der Waals surface area contributed by atoms with Crippen LogP contribution in [0, 0.1) is 11.6 Å². The highest BCUT2D eigenvalue weighted by molar-refractivity contribution is 6.31. The lowest BCUT2D eigenvalue weighted by Crippen LogP contribution is -2.43. The number of fused-ring (bicyclic) bond motifs is 1. The Morgan fingerprint density at radius 2 is 1.90 bits per heavy atom. The van der Waals surface area contributed by atoms with Crippen LogP contribution in [0.15, 0.2) is 52.8 Å². The number of halogens is 3. The van der Waals surface area contributed by atoms with E-state index in [1.165, 1.54) is 0 Å². The van der Waals surface area contributed by atoms with Gasteiger partial charge in [0.1, 0.15) is 6.54 Å². The fourth-order valence-corrected chi connectivity index (χ4v) is 3.34. The number of hydrogen-bond donors (Lipinski definition) is 1. The lowest BCUT2D eigenvalue weighted by atomic mass is 10.1. The number of amides is 3. The maximum Gasteiger partial charge on any atom is 0.263 e. The van der Waals surface area contributed by atoms with Gasteiger partial charge in [0.15, 0.2) is 23.7 Å². The quantitative estimate of drug-likeness (QED) is 0.770. The van der Waals surface area contributed by atoms with Crippen LogP contribution in [0.3, 0.4) is 0 Å². The summed E-state index contributed by atoms with van der Waals surface area (Å²) in [6.07, 6.45) is 0. The molecule has 1 N–H and O–H groups in total. The maximum atomic E-state index is 13.5. The Balaban J connectivity index is 1.50. The number of nitrogens with zero attached hydrogens (tertiary/aromatic N) is 4. The second-order valence-electron chi connectivity index (χ2n) is 6.36. The predicted octanol–water partition coefficient (Wildman–Crippen LogP) is 2.55. The number of rotatable bonds is 4. The fourth-order valence-electron chi connectivity index (χ4n) is 3.15. The van der Waals surface area contributed by atoms with Crippen LogP contribution in [-0.4, -0.2) is 41.4 Å². The molecular formula is C18H12ClF2N5O3. The first-order valence-electron chi connectivity index (χ1n) is 8.41. The Bertz CT molecular complexity index is 1060. The SMILES string of the molecule is O=C(CN1N=N[C@H]2C(=O)N(c3ccc(F)c(F)c3)C(=O)[C@@H]21)Nc1cccc(Cl)c1. The minimum atomic E-state index is -1.19. The second-order valence-corrected chi connectivity index (χ2v) is 6.80. The van der Waals surface area contributed by atoms with Crippen molar-refractivity contribution in [1.29, 1.82) is 0 Å². The zero-order chi connectivity index (χ0) is 20.7. The summed E-state index contributed by atoms with van der Waals surface area (Å²) in [4.78, 5) is 38.3. The highest BCUT2D eigenvalue weighted by Crippen LogP contribution is 2.32. The normalized spacial score (nSPS) is 20.4. The molecule has 0 saturated carbocycles. The molecule has 0 unspecified atom stereocenters. The van der Waals surface area contributed by atoms with Gasteiger partial charge in [-0.15, -0.1) is 0 Å². The zero-order valence-electron chi connectivity index (χ0n) is 14.6. The van der Waals surface area contributed by atoms with Gasteiger partial charge >= 0.3 is 0 Å². The molecular weight excluding hydrogens is 408 g/mol. The molecule has 0 aliphatic carbocycles. The van der Waals surface area contributed by atoms with E-state index in [-0.39, 0.29) is 12.2 Å². The molecule has 0 spiro atoms. The van der Waals surface area contributed by atoms with Gasteiger partial charge in [-0.2, -0.15) is 5.11 Å². The molecule has 1 saturated heterocycles. The number of carbonyl (C=O) groups excluding carboxylic acids is 3. The van der Waals surface area contributed by atoms with Crippen LogP contribution >= 0.6 is 11.6 Å². The average molecular weight is 420 g/mol. The minimum Gasteiger partial charge on any atom is -0.324 e. The summed E-state index contributed by atoms with van der Waals surface area (Å²) in [6.45, 7) is -0.345. The summed E-state index contributed by atoms with van der Waals surface area (Å²) in [5, 5.41) is 11.6. The molecule has 0 radical (unpaired) electrons. The number of nitrogens with one attached hydrogen (secondary N) is 1. The van der Waals surface area contributed by atoms with Crippen LogP contribution in [-0.2, 0) is 14.4 Å². The van der Waals surface area contributed by atoms with E-state index in [9.17, 15) is 23.2 Å². The highest BCUT2D eigenvalue weighted by atomic mass is 35.5. The molecule has 148 valence electrons. The molecule has 0 bridgehead atoms. The number of benzene rings is 2. The van der Waals surface area contributed by atoms with Crippen LogP contribution in [0.1, 0.15) is 0 Å². The van der Waals surface area contributed by atoms with Crippen molar-refractivity contribution in [2.75, 3.05) is 16.8 Å². The van der Waals surface area contributed by atoms with Crippen LogP contribution < -0.4 is 10.2 Å². The van der Waals surface area contributed by atoms with E-state index in [1.807, 2.05) is 0 Å². The van der Waals surface area contributed by atoms with E-state index in [2.05, 4.69) is 15.7 Å². The summed E-state index contributed by atoms with van der Waals surface area (Å²) in [5.74, 6) is -4.26. The van der Waals surface area contributed by atoms with Crippen LogP contribution in [0.4, 0.5) is 20.2 Å². The van der Waals surface area contributed by atoms with Crippen molar-refractivity contribution in [3.8, 4) is 0 Å². The molecule has 2 aliphatic rings. The van der Waals surface area contributed by atoms with Crippen LogP contribution in [0.2, 0.25) is 5.02 Å². The van der Waals surface area contributed by atoms with E-state index < -0.39 is 41.4 Å². The topological polar surface area (TPSA) is 94.4 Å². The molecule has 2 heterocycles.